The smallest absolute Gasteiger partial charge is 0.410 e. The maximum Gasteiger partial charge on any atom is 0.410 e. The molecule has 0 saturated carbocycles. The second-order valence-electron chi connectivity index (χ2n) is 9.17. The van der Waals surface area contributed by atoms with Gasteiger partial charge in [0, 0.05) is 24.5 Å². The molecule has 2 aromatic rings. The highest BCUT2D eigenvalue weighted by Gasteiger charge is 2.34. The third-order valence-corrected chi connectivity index (χ3v) is 6.03. The number of hydrogen-bond acceptors (Lipinski definition) is 6. The number of rotatable bonds is 3. The number of halogens is 1. The van der Waals surface area contributed by atoms with E-state index in [1.54, 1.807) is 4.90 Å². The average molecular weight is 461 g/mol. The summed E-state index contributed by atoms with van der Waals surface area (Å²) in [5.41, 5.74) is 1.41. The summed E-state index contributed by atoms with van der Waals surface area (Å²) >= 11 is 6.06. The summed E-state index contributed by atoms with van der Waals surface area (Å²) in [6.07, 6.45) is 1.99. The van der Waals surface area contributed by atoms with Crippen LogP contribution in [0, 0.1) is 0 Å². The van der Waals surface area contributed by atoms with Gasteiger partial charge in [-0.25, -0.2) is 9.78 Å². The first-order chi connectivity index (χ1) is 15.2. The summed E-state index contributed by atoms with van der Waals surface area (Å²) < 4.78 is 6.72. The van der Waals surface area contributed by atoms with Gasteiger partial charge in [-0.2, -0.15) is 0 Å². The summed E-state index contributed by atoms with van der Waals surface area (Å²) in [5, 5.41) is 0.688. The van der Waals surface area contributed by atoms with Crippen LogP contribution in [0.4, 0.5) is 10.7 Å². The zero-order valence-corrected chi connectivity index (χ0v) is 19.7. The molecule has 1 saturated heterocycles. The summed E-state index contributed by atoms with van der Waals surface area (Å²) in [7, 11) is 1.46. The minimum absolute atomic E-state index is 0.0838. The van der Waals surface area contributed by atoms with E-state index in [4.69, 9.17) is 26.2 Å². The lowest BCUT2D eigenvalue weighted by Gasteiger charge is -2.32. The minimum Gasteiger partial charge on any atom is -0.444 e. The first kappa shape index (κ1) is 22.5. The van der Waals surface area contributed by atoms with Crippen LogP contribution in [0.2, 0.25) is 5.02 Å². The Balaban J connectivity index is 1.66. The van der Waals surface area contributed by atoms with Crippen LogP contribution in [0.5, 0.6) is 0 Å². The lowest BCUT2D eigenvalue weighted by Crippen LogP contribution is -2.45. The van der Waals surface area contributed by atoms with E-state index in [0.717, 1.165) is 24.9 Å². The zero-order chi connectivity index (χ0) is 23.0. The monoisotopic (exact) mass is 460 g/mol. The van der Waals surface area contributed by atoms with Crippen LogP contribution in [-0.2, 0) is 17.7 Å². The summed E-state index contributed by atoms with van der Waals surface area (Å²) in [6, 6.07) is 7.86. The van der Waals surface area contributed by atoms with Crippen molar-refractivity contribution in [2.75, 3.05) is 25.1 Å². The first-order valence-electron chi connectivity index (χ1n) is 10.9. The minimum atomic E-state index is -0.599. The van der Waals surface area contributed by atoms with Gasteiger partial charge < -0.3 is 19.4 Å². The molecule has 32 heavy (non-hydrogen) atoms. The lowest BCUT2D eigenvalue weighted by atomic mass is 10.0. The molecule has 172 valence electrons. The molecule has 0 N–H and O–H groups in total. The predicted molar refractivity (Wildman–Crippen MR) is 122 cm³/mol. The molecule has 0 radical (unpaired) electrons. The van der Waals surface area contributed by atoms with E-state index in [2.05, 4.69) is 4.90 Å². The average Bonchev–Trinajstić information content (AvgIpc) is 3.22. The van der Waals surface area contributed by atoms with Crippen LogP contribution in [-0.4, -0.2) is 46.5 Å². The van der Waals surface area contributed by atoms with Crippen molar-refractivity contribution in [3.63, 3.8) is 0 Å². The van der Waals surface area contributed by atoms with Gasteiger partial charge in [0.05, 0.1) is 23.8 Å². The van der Waals surface area contributed by atoms with Crippen molar-refractivity contribution in [2.24, 2.45) is 0 Å². The number of benzene rings is 1. The molecule has 2 aliphatic heterocycles. The predicted octanol–water partition coefficient (Wildman–Crippen LogP) is 3.59. The molecule has 3 heterocycles. The molecule has 0 aliphatic carbocycles. The molecule has 0 spiro atoms. The Kier molecular flexibility index (Phi) is 6.07. The van der Waals surface area contributed by atoms with Crippen molar-refractivity contribution in [3.8, 4) is 0 Å². The van der Waals surface area contributed by atoms with Crippen molar-refractivity contribution in [2.45, 2.75) is 58.2 Å². The third kappa shape index (κ3) is 4.41. The Hall–Kier alpha value is -2.74. The van der Waals surface area contributed by atoms with Gasteiger partial charge in [0.1, 0.15) is 12.7 Å². The Morgan fingerprint density at radius 2 is 1.91 bits per heavy atom. The van der Waals surface area contributed by atoms with Gasteiger partial charge in [-0.3, -0.25) is 4.79 Å². The number of carbonyl (C=O) groups is 1. The van der Waals surface area contributed by atoms with Crippen LogP contribution in [0.1, 0.15) is 56.5 Å². The van der Waals surface area contributed by atoms with E-state index in [1.807, 2.05) is 45.0 Å². The number of carbonyl (C=O) groups excluding carboxylic acids is 1. The Bertz CT molecular complexity index is 1060. The lowest BCUT2D eigenvalue weighted by molar-refractivity contribution is 0.0219. The SMILES string of the molecule is COn1c(N2CCCC2c2ccc(Cl)cc2)nc2c(c1=O)CN(C(=O)OC(C)(C)C)CC2. The number of amides is 1. The Morgan fingerprint density at radius 3 is 2.56 bits per heavy atom. The van der Waals surface area contributed by atoms with Gasteiger partial charge in [-0.05, 0) is 51.3 Å². The van der Waals surface area contributed by atoms with Crippen LogP contribution in [0.15, 0.2) is 29.1 Å². The summed E-state index contributed by atoms with van der Waals surface area (Å²) in [4.78, 5) is 39.8. The molecule has 1 amide bonds. The molecule has 0 bridgehead atoms. The van der Waals surface area contributed by atoms with Crippen molar-refractivity contribution < 1.29 is 14.4 Å². The van der Waals surface area contributed by atoms with Crippen LogP contribution in [0.25, 0.3) is 0 Å². The van der Waals surface area contributed by atoms with E-state index >= 15 is 0 Å². The molecule has 9 heteroatoms. The number of aromatic nitrogens is 2. The quantitative estimate of drug-likeness (QED) is 0.696. The van der Waals surface area contributed by atoms with E-state index in [0.29, 0.717) is 35.2 Å². The molecular formula is C23H29ClN4O4. The fourth-order valence-corrected chi connectivity index (χ4v) is 4.44. The number of ether oxygens (including phenoxy) is 1. The molecular weight excluding hydrogens is 432 g/mol. The molecule has 4 rings (SSSR count). The normalized spacial score (nSPS) is 18.5. The number of fused-ring (bicyclic) bond motifs is 1. The van der Waals surface area contributed by atoms with Crippen LogP contribution >= 0.6 is 11.6 Å². The van der Waals surface area contributed by atoms with Crippen molar-refractivity contribution in [1.29, 1.82) is 0 Å². The van der Waals surface area contributed by atoms with Gasteiger partial charge in [0.15, 0.2) is 0 Å². The van der Waals surface area contributed by atoms with Gasteiger partial charge in [-0.1, -0.05) is 23.7 Å². The second-order valence-corrected chi connectivity index (χ2v) is 9.61. The summed E-state index contributed by atoms with van der Waals surface area (Å²) in [5.74, 6) is 0.499. The van der Waals surface area contributed by atoms with Crippen LogP contribution < -0.4 is 15.3 Å². The maximum atomic E-state index is 13.3. The molecule has 1 atom stereocenters. The van der Waals surface area contributed by atoms with Crippen molar-refractivity contribution in [3.05, 3.63) is 56.5 Å². The first-order valence-corrected chi connectivity index (χ1v) is 11.2. The second kappa shape index (κ2) is 8.65. The number of anilines is 1. The number of nitrogens with zero attached hydrogens (tertiary/aromatic N) is 4. The maximum absolute atomic E-state index is 13.3. The topological polar surface area (TPSA) is 76.9 Å². The van der Waals surface area contributed by atoms with Gasteiger partial charge >= 0.3 is 6.09 Å². The highest BCUT2D eigenvalue weighted by molar-refractivity contribution is 6.30. The molecule has 1 aromatic heterocycles. The van der Waals surface area contributed by atoms with Crippen LogP contribution in [0.3, 0.4) is 0 Å². The van der Waals surface area contributed by atoms with Gasteiger partial charge in [0.2, 0.25) is 5.95 Å². The van der Waals surface area contributed by atoms with E-state index < -0.39 is 11.7 Å². The fourth-order valence-electron chi connectivity index (χ4n) is 4.31. The molecule has 2 aliphatic rings. The third-order valence-electron chi connectivity index (χ3n) is 5.77. The molecule has 1 unspecified atom stereocenters. The largest absolute Gasteiger partial charge is 0.444 e. The van der Waals surface area contributed by atoms with Gasteiger partial charge in [-0.15, -0.1) is 4.73 Å². The highest BCUT2D eigenvalue weighted by Crippen LogP contribution is 2.35. The molecule has 8 nitrogen and oxygen atoms in total. The zero-order valence-electron chi connectivity index (χ0n) is 18.9. The fraction of sp³-hybridized carbons (Fsp3) is 0.522. The summed E-state index contributed by atoms with van der Waals surface area (Å²) in [6.45, 7) is 6.84. The van der Waals surface area contributed by atoms with E-state index in [9.17, 15) is 9.59 Å². The van der Waals surface area contributed by atoms with Gasteiger partial charge in [0.25, 0.3) is 5.56 Å². The van der Waals surface area contributed by atoms with E-state index in [-0.39, 0.29) is 18.1 Å². The molecule has 1 fully saturated rings. The standard InChI is InChI=1S/C23H29ClN4O4/c1-23(2,3)32-22(30)26-13-11-18-17(14-26)20(29)28(31-4)21(25-18)27-12-5-6-19(27)15-7-9-16(24)10-8-15/h7-10,19H,5-6,11-14H2,1-4H3. The van der Waals surface area contributed by atoms with Crippen molar-refractivity contribution in [1.82, 2.24) is 14.6 Å². The Labute approximate surface area is 192 Å². The number of hydrogen-bond donors (Lipinski definition) is 0. The van der Waals surface area contributed by atoms with Crippen molar-refractivity contribution >= 4 is 23.6 Å². The van der Waals surface area contributed by atoms with E-state index in [1.165, 1.54) is 11.8 Å². The Morgan fingerprint density at radius 1 is 1.19 bits per heavy atom. The highest BCUT2D eigenvalue weighted by atomic mass is 35.5. The molecule has 1 aromatic carbocycles.